The second kappa shape index (κ2) is 10.8. The van der Waals surface area contributed by atoms with Crippen LogP contribution >= 0.6 is 11.6 Å². The number of benzene rings is 3. The molecule has 2 unspecified atom stereocenters. The third kappa shape index (κ3) is 5.90. The molecule has 33 heavy (non-hydrogen) atoms. The van der Waals surface area contributed by atoms with Crippen LogP contribution in [0.4, 0.5) is 0 Å². The van der Waals surface area contributed by atoms with Gasteiger partial charge in [-0.3, -0.25) is 0 Å². The van der Waals surface area contributed by atoms with Crippen LogP contribution in [0.1, 0.15) is 66.7 Å². The predicted octanol–water partition coefficient (Wildman–Crippen LogP) is 8.24. The Bertz CT molecular complexity index is 1260. The number of hydrogen-bond donors (Lipinski definition) is 1. The summed E-state index contributed by atoms with van der Waals surface area (Å²) in [4.78, 5) is 4.68. The van der Waals surface area contributed by atoms with E-state index in [1.54, 1.807) is 0 Å². The van der Waals surface area contributed by atoms with Gasteiger partial charge in [-0.2, -0.15) is 0 Å². The van der Waals surface area contributed by atoms with E-state index in [-0.39, 0.29) is 0 Å². The van der Waals surface area contributed by atoms with Crippen LogP contribution in [0.25, 0.3) is 23.1 Å². The molecule has 1 heterocycles. The van der Waals surface area contributed by atoms with Crippen molar-refractivity contribution in [2.45, 2.75) is 45.1 Å². The Morgan fingerprint density at radius 2 is 1.76 bits per heavy atom. The van der Waals surface area contributed by atoms with E-state index < -0.39 is 6.10 Å². The van der Waals surface area contributed by atoms with Crippen molar-refractivity contribution >= 4 is 34.7 Å². The minimum absolute atomic E-state index is 0.496. The van der Waals surface area contributed by atoms with Crippen LogP contribution in [0, 0.1) is 0 Å². The minimum atomic E-state index is -0.496. The molecule has 0 aliphatic rings. The van der Waals surface area contributed by atoms with E-state index in [4.69, 9.17) is 11.6 Å². The van der Waals surface area contributed by atoms with Gasteiger partial charge in [0.2, 0.25) is 0 Å². The molecule has 2 atom stereocenters. The molecule has 0 saturated heterocycles. The topological polar surface area (TPSA) is 33.1 Å². The molecule has 0 saturated carbocycles. The van der Waals surface area contributed by atoms with Gasteiger partial charge in [0.05, 0.1) is 17.3 Å². The van der Waals surface area contributed by atoms with E-state index in [0.717, 1.165) is 40.6 Å². The minimum Gasteiger partial charge on any atom is -0.388 e. The van der Waals surface area contributed by atoms with Gasteiger partial charge < -0.3 is 5.11 Å². The maximum absolute atomic E-state index is 10.9. The fraction of sp³-hybridized carbons (Fsp3) is 0.233. The third-order valence-corrected chi connectivity index (χ3v) is 6.54. The number of pyridine rings is 1. The van der Waals surface area contributed by atoms with Crippen molar-refractivity contribution in [3.8, 4) is 0 Å². The van der Waals surface area contributed by atoms with Gasteiger partial charge in [-0.15, -0.1) is 0 Å². The van der Waals surface area contributed by atoms with Crippen LogP contribution in [-0.2, 0) is 6.42 Å². The van der Waals surface area contributed by atoms with Gasteiger partial charge in [-0.1, -0.05) is 86.1 Å². The molecule has 0 aliphatic heterocycles. The van der Waals surface area contributed by atoms with Crippen LogP contribution < -0.4 is 0 Å². The molecule has 0 bridgehead atoms. The van der Waals surface area contributed by atoms with E-state index in [1.165, 1.54) is 11.1 Å². The quantitative estimate of drug-likeness (QED) is 0.290. The molecular formula is C30H30ClNO. The first-order chi connectivity index (χ1) is 16.0. The maximum Gasteiger partial charge on any atom is 0.0793 e. The number of aryl methyl sites for hydroxylation is 1. The Kier molecular flexibility index (Phi) is 7.59. The maximum atomic E-state index is 10.9. The van der Waals surface area contributed by atoms with E-state index in [9.17, 15) is 5.11 Å². The monoisotopic (exact) mass is 455 g/mol. The molecule has 168 valence electrons. The van der Waals surface area contributed by atoms with Gasteiger partial charge in [0.15, 0.2) is 0 Å². The molecule has 3 aromatic carbocycles. The van der Waals surface area contributed by atoms with Gasteiger partial charge in [-0.05, 0) is 77.8 Å². The summed E-state index contributed by atoms with van der Waals surface area (Å²) in [6.07, 6.45) is 6.22. The predicted molar refractivity (Wildman–Crippen MR) is 141 cm³/mol. The second-order valence-corrected chi connectivity index (χ2v) is 9.08. The van der Waals surface area contributed by atoms with Crippen molar-refractivity contribution in [3.63, 3.8) is 0 Å². The van der Waals surface area contributed by atoms with E-state index in [1.807, 2.05) is 54.6 Å². The van der Waals surface area contributed by atoms with Crippen molar-refractivity contribution < 1.29 is 5.11 Å². The van der Waals surface area contributed by atoms with Gasteiger partial charge in [0.1, 0.15) is 0 Å². The summed E-state index contributed by atoms with van der Waals surface area (Å²) < 4.78 is 0. The van der Waals surface area contributed by atoms with Gasteiger partial charge >= 0.3 is 0 Å². The zero-order chi connectivity index (χ0) is 23.2. The number of aromatic nitrogens is 1. The van der Waals surface area contributed by atoms with Crippen molar-refractivity contribution in [1.82, 2.24) is 4.98 Å². The molecule has 4 aromatic rings. The van der Waals surface area contributed by atoms with Crippen LogP contribution in [0.3, 0.4) is 0 Å². The van der Waals surface area contributed by atoms with Crippen LogP contribution in [0.2, 0.25) is 5.02 Å². The molecule has 3 heteroatoms. The molecule has 0 amide bonds. The molecule has 0 aliphatic carbocycles. The smallest absolute Gasteiger partial charge is 0.0793 e. The first kappa shape index (κ1) is 23.2. The number of hydrogen-bond acceptors (Lipinski definition) is 2. The lowest BCUT2D eigenvalue weighted by atomic mass is 9.90. The number of halogens is 1. The number of rotatable bonds is 8. The van der Waals surface area contributed by atoms with Gasteiger partial charge in [-0.25, -0.2) is 4.98 Å². The summed E-state index contributed by atoms with van der Waals surface area (Å²) in [6, 6.07) is 26.5. The molecule has 0 radical (unpaired) electrons. The lowest BCUT2D eigenvalue weighted by Gasteiger charge is -2.17. The summed E-state index contributed by atoms with van der Waals surface area (Å²) in [6.45, 7) is 4.49. The Labute approximate surface area is 201 Å². The van der Waals surface area contributed by atoms with Crippen molar-refractivity contribution in [1.29, 1.82) is 0 Å². The lowest BCUT2D eigenvalue weighted by Crippen LogP contribution is -2.03. The molecule has 1 aromatic heterocycles. The first-order valence-corrected chi connectivity index (χ1v) is 12.0. The number of nitrogens with zero attached hydrogens (tertiary/aromatic N) is 1. The van der Waals surface area contributed by atoms with Crippen LogP contribution in [-0.4, -0.2) is 10.1 Å². The van der Waals surface area contributed by atoms with E-state index in [2.05, 4.69) is 55.2 Å². The molecule has 2 nitrogen and oxygen atoms in total. The average molecular weight is 456 g/mol. The zero-order valence-corrected chi connectivity index (χ0v) is 20.0. The highest BCUT2D eigenvalue weighted by Gasteiger charge is 2.12. The first-order valence-electron chi connectivity index (χ1n) is 11.6. The van der Waals surface area contributed by atoms with Crippen LogP contribution in [0.5, 0.6) is 0 Å². The highest BCUT2D eigenvalue weighted by Crippen LogP contribution is 2.27. The van der Waals surface area contributed by atoms with Gasteiger partial charge in [0.25, 0.3) is 0 Å². The third-order valence-electron chi connectivity index (χ3n) is 6.30. The summed E-state index contributed by atoms with van der Waals surface area (Å²) in [7, 11) is 0. The Morgan fingerprint density at radius 1 is 0.939 bits per heavy atom. The fourth-order valence-corrected chi connectivity index (χ4v) is 4.34. The highest BCUT2D eigenvalue weighted by atomic mass is 35.5. The summed E-state index contributed by atoms with van der Waals surface area (Å²) in [5, 5.41) is 12.6. The summed E-state index contributed by atoms with van der Waals surface area (Å²) in [5.74, 6) is 0.534. The molecular weight excluding hydrogens is 426 g/mol. The molecule has 0 spiro atoms. The van der Waals surface area contributed by atoms with Crippen molar-refractivity contribution in [2.24, 2.45) is 0 Å². The number of fused-ring (bicyclic) bond motifs is 1. The summed E-state index contributed by atoms with van der Waals surface area (Å²) >= 11 is 6.11. The molecule has 1 N–H and O–H groups in total. The molecule has 0 fully saturated rings. The standard InChI is InChI=1S/C30H30ClNO/c1-3-21(2)28-10-5-4-8-23(28)14-18-30(33)25-9-6-7-22(19-25)11-16-27-17-13-24-12-15-26(31)20-29(24)32-27/h4-13,15-17,19-21,30,33H,3,14,18H2,1-2H3. The van der Waals surface area contributed by atoms with Crippen LogP contribution in [0.15, 0.2) is 78.9 Å². The Balaban J connectivity index is 1.45. The normalized spacial score (nSPS) is 13.5. The average Bonchev–Trinajstić information content (AvgIpc) is 2.85. The Hall–Kier alpha value is -2.94. The SMILES string of the molecule is CCC(C)c1ccccc1CCC(O)c1cccc(C=Cc2ccc3ccc(Cl)cc3n2)c1. The zero-order valence-electron chi connectivity index (χ0n) is 19.2. The van der Waals surface area contributed by atoms with E-state index in [0.29, 0.717) is 17.4 Å². The molecule has 4 rings (SSSR count). The number of aliphatic hydroxyl groups excluding tert-OH is 1. The highest BCUT2D eigenvalue weighted by molar-refractivity contribution is 6.31. The fourth-order valence-electron chi connectivity index (χ4n) is 4.17. The van der Waals surface area contributed by atoms with Crippen molar-refractivity contribution in [2.75, 3.05) is 0 Å². The lowest BCUT2D eigenvalue weighted by molar-refractivity contribution is 0.167. The van der Waals surface area contributed by atoms with Crippen molar-refractivity contribution in [3.05, 3.63) is 112 Å². The Morgan fingerprint density at radius 3 is 2.61 bits per heavy atom. The van der Waals surface area contributed by atoms with E-state index >= 15 is 0 Å². The number of aliphatic hydroxyl groups is 1. The van der Waals surface area contributed by atoms with Gasteiger partial charge in [0, 0.05) is 10.4 Å². The second-order valence-electron chi connectivity index (χ2n) is 8.64. The summed E-state index contributed by atoms with van der Waals surface area (Å²) in [5.41, 5.74) is 6.47. The largest absolute Gasteiger partial charge is 0.388 e.